The molecule has 0 radical (unpaired) electrons. The maximum absolute atomic E-state index is 12.7. The minimum absolute atomic E-state index is 0.0401. The Morgan fingerprint density at radius 1 is 1.11 bits per heavy atom. The molecule has 142 valence electrons. The van der Waals surface area contributed by atoms with Crippen molar-refractivity contribution < 1.29 is 9.53 Å². The fourth-order valence-corrected chi connectivity index (χ4v) is 3.45. The Labute approximate surface area is 161 Å². The molecule has 0 aliphatic rings. The molecule has 7 nitrogen and oxygen atoms in total. The summed E-state index contributed by atoms with van der Waals surface area (Å²) in [6, 6.07) is 15.2. The van der Waals surface area contributed by atoms with Gasteiger partial charge in [-0.25, -0.2) is 4.68 Å². The lowest BCUT2D eigenvalue weighted by Crippen LogP contribution is -2.29. The molecule has 0 bridgehead atoms. The molecule has 0 saturated carbocycles. The van der Waals surface area contributed by atoms with Crippen molar-refractivity contribution in [2.24, 2.45) is 7.05 Å². The van der Waals surface area contributed by atoms with E-state index in [2.05, 4.69) is 10.4 Å². The van der Waals surface area contributed by atoms with E-state index in [4.69, 9.17) is 4.74 Å². The standard InChI is InChI=1S/C21H20N4O3/c1-24-21(27)20-16(12-23-24)15-8-4-5-9-17(15)25(20)13-19(26)22-11-14-7-3-6-10-18(14)28-2/h3-10,12H,11,13H2,1-2H3,(H,22,26). The van der Waals surface area contributed by atoms with Crippen LogP contribution in [0, 0.1) is 0 Å². The summed E-state index contributed by atoms with van der Waals surface area (Å²) in [5.74, 6) is 0.534. The number of hydrogen-bond acceptors (Lipinski definition) is 4. The summed E-state index contributed by atoms with van der Waals surface area (Å²) in [5, 5.41) is 8.68. The minimum Gasteiger partial charge on any atom is -0.496 e. The molecule has 1 N–H and O–H groups in total. The third-order valence-corrected chi connectivity index (χ3v) is 4.84. The number of benzene rings is 2. The van der Waals surface area contributed by atoms with E-state index in [1.54, 1.807) is 24.9 Å². The Hall–Kier alpha value is -3.61. The number of amides is 1. The van der Waals surface area contributed by atoms with Crippen LogP contribution in [0.25, 0.3) is 21.8 Å². The molecular weight excluding hydrogens is 356 g/mol. The van der Waals surface area contributed by atoms with Crippen molar-refractivity contribution in [2.45, 2.75) is 13.1 Å². The second kappa shape index (κ2) is 7.19. The fraction of sp³-hybridized carbons (Fsp3) is 0.190. The Balaban J connectivity index is 1.68. The van der Waals surface area contributed by atoms with Crippen LogP contribution in [-0.2, 0) is 24.9 Å². The van der Waals surface area contributed by atoms with Crippen molar-refractivity contribution in [3.8, 4) is 5.75 Å². The van der Waals surface area contributed by atoms with Crippen LogP contribution in [-0.4, -0.2) is 27.4 Å². The number of carbonyl (C=O) groups excluding carboxylic acids is 1. The Morgan fingerprint density at radius 2 is 1.86 bits per heavy atom. The Kier molecular flexibility index (Phi) is 4.57. The van der Waals surface area contributed by atoms with Crippen LogP contribution in [0.1, 0.15) is 5.56 Å². The summed E-state index contributed by atoms with van der Waals surface area (Å²) >= 11 is 0. The molecule has 0 aliphatic heterocycles. The van der Waals surface area contributed by atoms with Crippen LogP contribution in [0.4, 0.5) is 0 Å². The number of nitrogens with one attached hydrogen (secondary N) is 1. The lowest BCUT2D eigenvalue weighted by Gasteiger charge is -2.11. The Bertz CT molecular complexity index is 1240. The van der Waals surface area contributed by atoms with E-state index in [9.17, 15) is 9.59 Å². The van der Waals surface area contributed by atoms with Crippen LogP contribution >= 0.6 is 0 Å². The average Bonchev–Trinajstić information content (AvgIpc) is 3.03. The molecule has 28 heavy (non-hydrogen) atoms. The third-order valence-electron chi connectivity index (χ3n) is 4.84. The second-order valence-electron chi connectivity index (χ2n) is 6.53. The first-order valence-corrected chi connectivity index (χ1v) is 8.92. The third kappa shape index (κ3) is 3.00. The smallest absolute Gasteiger partial charge is 0.291 e. The highest BCUT2D eigenvalue weighted by molar-refractivity contribution is 6.07. The largest absolute Gasteiger partial charge is 0.496 e. The highest BCUT2D eigenvalue weighted by Gasteiger charge is 2.17. The van der Waals surface area contributed by atoms with Gasteiger partial charge in [-0.05, 0) is 12.1 Å². The van der Waals surface area contributed by atoms with Gasteiger partial charge >= 0.3 is 0 Å². The van der Waals surface area contributed by atoms with Crippen LogP contribution in [0.2, 0.25) is 0 Å². The number of ether oxygens (including phenoxy) is 1. The van der Waals surface area contributed by atoms with E-state index >= 15 is 0 Å². The quantitative estimate of drug-likeness (QED) is 0.579. The fourth-order valence-electron chi connectivity index (χ4n) is 3.45. The van der Waals surface area contributed by atoms with E-state index in [1.807, 2.05) is 48.5 Å². The molecule has 0 fully saturated rings. The summed E-state index contributed by atoms with van der Waals surface area (Å²) in [4.78, 5) is 25.4. The first kappa shape index (κ1) is 17.8. The van der Waals surface area contributed by atoms with Gasteiger partial charge in [0, 0.05) is 35.4 Å². The zero-order valence-electron chi connectivity index (χ0n) is 15.7. The summed E-state index contributed by atoms with van der Waals surface area (Å²) in [7, 11) is 3.20. The molecule has 0 atom stereocenters. The van der Waals surface area contributed by atoms with Crippen molar-refractivity contribution in [1.29, 1.82) is 0 Å². The summed E-state index contributed by atoms with van der Waals surface area (Å²) in [6.07, 6.45) is 1.67. The number of hydrogen-bond donors (Lipinski definition) is 1. The molecular formula is C21H20N4O3. The normalized spacial score (nSPS) is 11.1. The van der Waals surface area contributed by atoms with Gasteiger partial charge in [0.1, 0.15) is 17.8 Å². The molecule has 2 aromatic heterocycles. The first-order chi connectivity index (χ1) is 13.6. The molecule has 0 unspecified atom stereocenters. The summed E-state index contributed by atoms with van der Waals surface area (Å²) in [5.41, 5.74) is 1.97. The number of fused-ring (bicyclic) bond motifs is 3. The van der Waals surface area contributed by atoms with Gasteiger partial charge in [-0.15, -0.1) is 0 Å². The van der Waals surface area contributed by atoms with Crippen LogP contribution in [0.5, 0.6) is 5.75 Å². The second-order valence-corrected chi connectivity index (χ2v) is 6.53. The number of rotatable bonds is 5. The monoisotopic (exact) mass is 376 g/mol. The number of aromatic nitrogens is 3. The predicted octanol–water partition coefficient (Wildman–Crippen LogP) is 2.21. The van der Waals surface area contributed by atoms with E-state index in [-0.39, 0.29) is 18.0 Å². The van der Waals surface area contributed by atoms with Crippen LogP contribution in [0.15, 0.2) is 59.5 Å². The maximum atomic E-state index is 12.7. The molecule has 7 heteroatoms. The minimum atomic E-state index is -0.230. The molecule has 2 aromatic carbocycles. The van der Waals surface area contributed by atoms with Gasteiger partial charge in [-0.3, -0.25) is 9.59 Å². The maximum Gasteiger partial charge on any atom is 0.291 e. The van der Waals surface area contributed by atoms with Crippen molar-refractivity contribution in [2.75, 3.05) is 7.11 Å². The summed E-state index contributed by atoms with van der Waals surface area (Å²) < 4.78 is 8.36. The molecule has 0 saturated heterocycles. The first-order valence-electron chi connectivity index (χ1n) is 8.92. The number of methoxy groups -OCH3 is 1. The zero-order valence-corrected chi connectivity index (χ0v) is 15.7. The van der Waals surface area contributed by atoms with Crippen molar-refractivity contribution in [1.82, 2.24) is 19.7 Å². The van der Waals surface area contributed by atoms with Gasteiger partial charge < -0.3 is 14.6 Å². The SMILES string of the molecule is COc1ccccc1CNC(=O)Cn1c2ccccc2c2cnn(C)c(=O)c21. The number of para-hydroxylation sites is 2. The molecule has 0 spiro atoms. The molecule has 2 heterocycles. The molecule has 4 rings (SSSR count). The molecule has 1 amide bonds. The van der Waals surface area contributed by atoms with Gasteiger partial charge in [0.2, 0.25) is 5.91 Å². The van der Waals surface area contributed by atoms with Crippen molar-refractivity contribution >= 4 is 27.7 Å². The molecule has 0 aliphatic carbocycles. The van der Waals surface area contributed by atoms with Crippen molar-refractivity contribution in [3.05, 3.63) is 70.6 Å². The number of aryl methyl sites for hydroxylation is 1. The number of carbonyl (C=O) groups is 1. The van der Waals surface area contributed by atoms with E-state index in [0.717, 1.165) is 27.6 Å². The predicted molar refractivity (Wildman–Crippen MR) is 107 cm³/mol. The van der Waals surface area contributed by atoms with E-state index < -0.39 is 0 Å². The van der Waals surface area contributed by atoms with E-state index in [0.29, 0.717) is 12.1 Å². The van der Waals surface area contributed by atoms with Gasteiger partial charge in [-0.1, -0.05) is 36.4 Å². The van der Waals surface area contributed by atoms with Crippen LogP contribution < -0.4 is 15.6 Å². The topological polar surface area (TPSA) is 78.2 Å². The van der Waals surface area contributed by atoms with Crippen LogP contribution in [0.3, 0.4) is 0 Å². The zero-order chi connectivity index (χ0) is 19.7. The highest BCUT2D eigenvalue weighted by atomic mass is 16.5. The Morgan fingerprint density at radius 3 is 2.68 bits per heavy atom. The van der Waals surface area contributed by atoms with Crippen molar-refractivity contribution in [3.63, 3.8) is 0 Å². The lowest BCUT2D eigenvalue weighted by molar-refractivity contribution is -0.121. The van der Waals surface area contributed by atoms with Gasteiger partial charge in [0.05, 0.1) is 13.3 Å². The van der Waals surface area contributed by atoms with Gasteiger partial charge in [0.15, 0.2) is 0 Å². The molecule has 4 aromatic rings. The van der Waals surface area contributed by atoms with Gasteiger partial charge in [-0.2, -0.15) is 5.10 Å². The summed E-state index contributed by atoms with van der Waals surface area (Å²) in [6.45, 7) is 0.387. The van der Waals surface area contributed by atoms with Gasteiger partial charge in [0.25, 0.3) is 5.56 Å². The highest BCUT2D eigenvalue weighted by Crippen LogP contribution is 2.26. The lowest BCUT2D eigenvalue weighted by atomic mass is 10.2. The average molecular weight is 376 g/mol. The van der Waals surface area contributed by atoms with E-state index in [1.165, 1.54) is 4.68 Å². The number of nitrogens with zero attached hydrogens (tertiary/aromatic N) is 3.